The van der Waals surface area contributed by atoms with Gasteiger partial charge in [0, 0.05) is 22.0 Å². The van der Waals surface area contributed by atoms with Gasteiger partial charge in [-0.3, -0.25) is 4.79 Å². The Labute approximate surface area is 179 Å². The number of carbonyl (C=O) groups is 1. The minimum absolute atomic E-state index is 0.0244. The first kappa shape index (κ1) is 19.3. The van der Waals surface area contributed by atoms with Crippen LogP contribution in [0.5, 0.6) is 11.5 Å². The molecule has 0 N–H and O–H groups in total. The Morgan fingerprint density at radius 2 is 1.67 bits per heavy atom. The predicted molar refractivity (Wildman–Crippen MR) is 117 cm³/mol. The number of rotatable bonds is 4. The second-order valence-corrected chi connectivity index (χ2v) is 11.0. The molecular formula is C23H21NO4S2. The molecule has 0 saturated carbocycles. The minimum Gasteiger partial charge on any atom is -0.457 e. The molecule has 154 valence electrons. The Balaban J connectivity index is 1.58. The molecule has 1 aromatic heterocycles. The first-order chi connectivity index (χ1) is 14.5. The number of sulfone groups is 1. The summed E-state index contributed by atoms with van der Waals surface area (Å²) in [5, 5.41) is 1.97. The molecule has 3 aromatic rings. The SMILES string of the molecule is O=C(C1c2ccccc2Oc2ccccc21)N(Cc1cccs1)C1CCS(=O)(=O)C1. The highest BCUT2D eigenvalue weighted by molar-refractivity contribution is 7.91. The van der Waals surface area contributed by atoms with Gasteiger partial charge in [0.25, 0.3) is 0 Å². The standard InChI is InChI=1S/C23H21NO4S2/c25-23(24(14-17-6-5-12-29-17)16-11-13-30(26,27)15-16)22-18-7-1-3-9-20(18)28-21-10-4-2-8-19(21)22/h1-10,12,16,22H,11,13-15H2. The Bertz CT molecular complexity index is 1140. The van der Waals surface area contributed by atoms with Gasteiger partial charge >= 0.3 is 0 Å². The van der Waals surface area contributed by atoms with Crippen LogP contribution in [0.2, 0.25) is 0 Å². The van der Waals surface area contributed by atoms with Gasteiger partial charge in [-0.15, -0.1) is 11.3 Å². The third-order valence-electron chi connectivity index (χ3n) is 5.77. The molecule has 0 aliphatic carbocycles. The summed E-state index contributed by atoms with van der Waals surface area (Å²) in [4.78, 5) is 16.8. The van der Waals surface area contributed by atoms with Crippen molar-refractivity contribution in [2.75, 3.05) is 11.5 Å². The highest BCUT2D eigenvalue weighted by Crippen LogP contribution is 2.45. The van der Waals surface area contributed by atoms with E-state index in [9.17, 15) is 13.2 Å². The van der Waals surface area contributed by atoms with Crippen LogP contribution in [0.3, 0.4) is 0 Å². The number of thiophene rings is 1. The first-order valence-electron chi connectivity index (χ1n) is 9.91. The second-order valence-electron chi connectivity index (χ2n) is 7.71. The van der Waals surface area contributed by atoms with E-state index >= 15 is 0 Å². The monoisotopic (exact) mass is 439 g/mol. The van der Waals surface area contributed by atoms with Crippen molar-refractivity contribution < 1.29 is 17.9 Å². The number of ether oxygens (including phenoxy) is 1. The average molecular weight is 440 g/mol. The normalized spacial score (nSPS) is 19.5. The summed E-state index contributed by atoms with van der Waals surface area (Å²) in [6, 6.07) is 18.8. The van der Waals surface area contributed by atoms with E-state index in [1.165, 1.54) is 0 Å². The third-order valence-corrected chi connectivity index (χ3v) is 8.38. The minimum atomic E-state index is -3.12. The molecule has 3 heterocycles. The molecule has 5 rings (SSSR count). The molecule has 2 aromatic carbocycles. The fourth-order valence-corrected chi connectivity index (χ4v) is 6.75. The van der Waals surface area contributed by atoms with Crippen LogP contribution < -0.4 is 4.74 Å². The second kappa shape index (κ2) is 7.56. The highest BCUT2D eigenvalue weighted by Gasteiger charge is 2.40. The van der Waals surface area contributed by atoms with Crippen molar-refractivity contribution in [1.82, 2.24) is 4.90 Å². The quantitative estimate of drug-likeness (QED) is 0.611. The van der Waals surface area contributed by atoms with Gasteiger partial charge in [0.15, 0.2) is 9.84 Å². The number of carbonyl (C=O) groups excluding carboxylic acids is 1. The number of benzene rings is 2. The number of fused-ring (bicyclic) bond motifs is 2. The molecule has 1 fully saturated rings. The Kier molecular flexibility index (Phi) is 4.87. The fourth-order valence-electron chi connectivity index (χ4n) is 4.32. The lowest BCUT2D eigenvalue weighted by molar-refractivity contribution is -0.134. The van der Waals surface area contributed by atoms with Crippen LogP contribution in [0.25, 0.3) is 0 Å². The number of hydrogen-bond acceptors (Lipinski definition) is 5. The van der Waals surface area contributed by atoms with Crippen molar-refractivity contribution in [3.8, 4) is 11.5 Å². The maximum Gasteiger partial charge on any atom is 0.235 e. The van der Waals surface area contributed by atoms with Gasteiger partial charge in [-0.05, 0) is 30.0 Å². The van der Waals surface area contributed by atoms with Gasteiger partial charge in [-0.1, -0.05) is 42.5 Å². The summed E-state index contributed by atoms with van der Waals surface area (Å²) in [6.45, 7) is 0.415. The number of hydrogen-bond donors (Lipinski definition) is 0. The van der Waals surface area contributed by atoms with Gasteiger partial charge in [0.05, 0.1) is 24.0 Å². The van der Waals surface area contributed by atoms with Crippen LogP contribution >= 0.6 is 11.3 Å². The van der Waals surface area contributed by atoms with Crippen LogP contribution in [0, 0.1) is 0 Å². The topological polar surface area (TPSA) is 63.7 Å². The van der Waals surface area contributed by atoms with E-state index in [2.05, 4.69) is 0 Å². The predicted octanol–water partition coefficient (Wildman–Crippen LogP) is 4.20. The third kappa shape index (κ3) is 3.52. The Morgan fingerprint density at radius 1 is 1.00 bits per heavy atom. The van der Waals surface area contributed by atoms with Crippen LogP contribution in [0.15, 0.2) is 66.0 Å². The van der Waals surface area contributed by atoms with Crippen molar-refractivity contribution in [1.29, 1.82) is 0 Å². The summed E-state index contributed by atoms with van der Waals surface area (Å²) in [5.41, 5.74) is 1.64. The van der Waals surface area contributed by atoms with E-state index < -0.39 is 15.8 Å². The lowest BCUT2D eigenvalue weighted by atomic mass is 9.86. The van der Waals surface area contributed by atoms with Gasteiger partial charge in [-0.25, -0.2) is 8.42 Å². The van der Waals surface area contributed by atoms with Crippen molar-refractivity contribution in [2.45, 2.75) is 24.9 Å². The van der Waals surface area contributed by atoms with E-state index in [0.717, 1.165) is 16.0 Å². The van der Waals surface area contributed by atoms with E-state index in [-0.39, 0.29) is 23.5 Å². The number of amides is 1. The molecule has 2 aliphatic heterocycles. The van der Waals surface area contributed by atoms with E-state index in [0.29, 0.717) is 24.5 Å². The number of para-hydroxylation sites is 2. The van der Waals surface area contributed by atoms with E-state index in [1.807, 2.05) is 66.0 Å². The zero-order valence-electron chi connectivity index (χ0n) is 16.2. The van der Waals surface area contributed by atoms with E-state index in [4.69, 9.17) is 4.74 Å². The maximum absolute atomic E-state index is 14.0. The van der Waals surface area contributed by atoms with Gasteiger partial charge in [0.2, 0.25) is 5.91 Å². The molecule has 1 atom stereocenters. The molecule has 1 unspecified atom stereocenters. The largest absolute Gasteiger partial charge is 0.457 e. The highest BCUT2D eigenvalue weighted by atomic mass is 32.2. The molecule has 0 bridgehead atoms. The molecule has 7 heteroatoms. The fraction of sp³-hybridized carbons (Fsp3) is 0.261. The van der Waals surface area contributed by atoms with Crippen LogP contribution in [-0.2, 0) is 21.2 Å². The average Bonchev–Trinajstić information content (AvgIpc) is 3.38. The number of nitrogens with zero attached hydrogens (tertiary/aromatic N) is 1. The van der Waals surface area contributed by atoms with E-state index in [1.54, 1.807) is 16.2 Å². The zero-order chi connectivity index (χ0) is 20.7. The summed E-state index contributed by atoms with van der Waals surface area (Å²) in [7, 11) is -3.12. The molecule has 0 spiro atoms. The van der Waals surface area contributed by atoms with Gasteiger partial charge < -0.3 is 9.64 Å². The van der Waals surface area contributed by atoms with Crippen molar-refractivity contribution >= 4 is 27.1 Å². The lowest BCUT2D eigenvalue weighted by Gasteiger charge is -2.34. The lowest BCUT2D eigenvalue weighted by Crippen LogP contribution is -2.43. The molecule has 1 amide bonds. The molecule has 30 heavy (non-hydrogen) atoms. The maximum atomic E-state index is 14.0. The summed E-state index contributed by atoms with van der Waals surface area (Å²) < 4.78 is 30.4. The van der Waals surface area contributed by atoms with Crippen molar-refractivity contribution in [2.24, 2.45) is 0 Å². The zero-order valence-corrected chi connectivity index (χ0v) is 17.9. The van der Waals surface area contributed by atoms with Crippen LogP contribution in [0.1, 0.15) is 28.3 Å². The Hall–Kier alpha value is -2.64. The summed E-state index contributed by atoms with van der Waals surface area (Å²) in [6.07, 6.45) is 0.478. The van der Waals surface area contributed by atoms with Crippen molar-refractivity contribution in [3.63, 3.8) is 0 Å². The summed E-state index contributed by atoms with van der Waals surface area (Å²) >= 11 is 1.58. The van der Waals surface area contributed by atoms with Crippen molar-refractivity contribution in [3.05, 3.63) is 82.0 Å². The van der Waals surface area contributed by atoms with Crippen LogP contribution in [-0.4, -0.2) is 36.8 Å². The first-order valence-corrected chi connectivity index (χ1v) is 12.6. The molecule has 5 nitrogen and oxygen atoms in total. The Morgan fingerprint density at radius 3 is 2.23 bits per heavy atom. The van der Waals surface area contributed by atoms with Gasteiger partial charge in [0.1, 0.15) is 11.5 Å². The smallest absolute Gasteiger partial charge is 0.235 e. The molecule has 2 aliphatic rings. The molecular weight excluding hydrogens is 418 g/mol. The van der Waals surface area contributed by atoms with Gasteiger partial charge in [-0.2, -0.15) is 0 Å². The summed E-state index contributed by atoms with van der Waals surface area (Å²) in [5.74, 6) is 0.904. The molecule has 1 saturated heterocycles. The van der Waals surface area contributed by atoms with Crippen LogP contribution in [0.4, 0.5) is 0 Å². The molecule has 0 radical (unpaired) electrons.